The van der Waals surface area contributed by atoms with Crippen molar-refractivity contribution in [1.29, 1.82) is 0 Å². The number of ether oxygens (including phenoxy) is 1. The quantitative estimate of drug-likeness (QED) is 0.235. The summed E-state index contributed by atoms with van der Waals surface area (Å²) in [6, 6.07) is 23.7. The highest BCUT2D eigenvalue weighted by Gasteiger charge is 2.19. The third-order valence-corrected chi connectivity index (χ3v) is 5.14. The van der Waals surface area contributed by atoms with Gasteiger partial charge in [-0.15, -0.1) is 0 Å². The maximum Gasteiger partial charge on any atom is 0.311 e. The predicted octanol–water partition coefficient (Wildman–Crippen LogP) is 4.79. The summed E-state index contributed by atoms with van der Waals surface area (Å²) in [6.45, 7) is 0.408. The van der Waals surface area contributed by atoms with E-state index >= 15 is 0 Å². The number of hydrogen-bond donors (Lipinski definition) is 1. The fourth-order valence-corrected chi connectivity index (χ4v) is 3.44. The maximum atomic E-state index is 12.4. The molecule has 0 radical (unpaired) electrons. The van der Waals surface area contributed by atoms with E-state index in [0.29, 0.717) is 23.4 Å². The van der Waals surface area contributed by atoms with Gasteiger partial charge in [0.25, 0.3) is 0 Å². The van der Waals surface area contributed by atoms with E-state index in [-0.39, 0.29) is 17.3 Å². The van der Waals surface area contributed by atoms with Gasteiger partial charge in [0, 0.05) is 36.0 Å². The monoisotopic (exact) mass is 454 g/mol. The lowest BCUT2D eigenvalue weighted by Gasteiger charge is -2.04. The van der Waals surface area contributed by atoms with Gasteiger partial charge in [0.15, 0.2) is 5.75 Å². The van der Waals surface area contributed by atoms with E-state index in [0.717, 1.165) is 11.3 Å². The van der Waals surface area contributed by atoms with Crippen molar-refractivity contribution in [3.05, 3.63) is 112 Å². The number of nitrogens with zero attached hydrogens (tertiary/aromatic N) is 3. The molecule has 8 heteroatoms. The first-order valence-corrected chi connectivity index (χ1v) is 10.5. The van der Waals surface area contributed by atoms with Crippen LogP contribution in [0, 0.1) is 10.1 Å². The molecule has 1 amide bonds. The first-order valence-electron chi connectivity index (χ1n) is 10.5. The van der Waals surface area contributed by atoms with Gasteiger partial charge >= 0.3 is 5.69 Å². The van der Waals surface area contributed by atoms with Crippen LogP contribution in [0.15, 0.2) is 91.1 Å². The third kappa shape index (κ3) is 5.18. The highest BCUT2D eigenvalue weighted by molar-refractivity contribution is 5.92. The number of nitrogens with one attached hydrogen (secondary N) is 1. The molecule has 8 nitrogen and oxygen atoms in total. The Bertz CT molecular complexity index is 1330. The van der Waals surface area contributed by atoms with Gasteiger partial charge in [-0.25, -0.2) is 4.68 Å². The molecular weight excluding hydrogens is 432 g/mol. The molecule has 3 aromatic carbocycles. The summed E-state index contributed by atoms with van der Waals surface area (Å²) in [7, 11) is 1.38. The topological polar surface area (TPSA) is 99.3 Å². The summed E-state index contributed by atoms with van der Waals surface area (Å²) < 4.78 is 6.78. The summed E-state index contributed by atoms with van der Waals surface area (Å²) >= 11 is 0. The lowest BCUT2D eigenvalue weighted by atomic mass is 10.1. The summed E-state index contributed by atoms with van der Waals surface area (Å²) in [4.78, 5) is 23.4. The minimum absolute atomic E-state index is 0.161. The van der Waals surface area contributed by atoms with Crippen molar-refractivity contribution in [3.63, 3.8) is 0 Å². The molecule has 0 fully saturated rings. The fourth-order valence-electron chi connectivity index (χ4n) is 3.44. The summed E-state index contributed by atoms with van der Waals surface area (Å²) in [5.41, 5.74) is 3.32. The summed E-state index contributed by atoms with van der Waals surface area (Å²) in [5.74, 6) is -0.100. The number of aromatic nitrogens is 2. The van der Waals surface area contributed by atoms with Crippen molar-refractivity contribution >= 4 is 17.7 Å². The van der Waals surface area contributed by atoms with Gasteiger partial charge < -0.3 is 10.1 Å². The van der Waals surface area contributed by atoms with Crippen molar-refractivity contribution in [2.24, 2.45) is 0 Å². The number of nitro groups is 1. The Labute approximate surface area is 196 Å². The molecule has 0 aliphatic heterocycles. The standard InChI is InChI=1S/C26H22N4O4/c1-34-24-14-12-20(16-23(24)30(32)33)26-21(18-29(28-26)22-10-6-3-7-11-22)13-15-25(31)27-17-19-8-4-2-5-9-19/h2-16,18H,17H2,1H3,(H,27,31)/b15-13+. The lowest BCUT2D eigenvalue weighted by Crippen LogP contribution is -2.20. The van der Waals surface area contributed by atoms with Gasteiger partial charge in [0.1, 0.15) is 5.69 Å². The number of hydrogen-bond acceptors (Lipinski definition) is 5. The number of para-hydroxylation sites is 1. The highest BCUT2D eigenvalue weighted by atomic mass is 16.6. The van der Waals surface area contributed by atoms with Crippen LogP contribution in [0.2, 0.25) is 0 Å². The number of nitro benzene ring substituents is 1. The van der Waals surface area contributed by atoms with Crippen LogP contribution in [0.4, 0.5) is 5.69 Å². The second kappa shape index (κ2) is 10.3. The number of carbonyl (C=O) groups excluding carboxylic acids is 1. The van der Waals surface area contributed by atoms with Gasteiger partial charge in [-0.1, -0.05) is 48.5 Å². The van der Waals surface area contributed by atoms with E-state index in [1.165, 1.54) is 25.3 Å². The van der Waals surface area contributed by atoms with Crippen LogP contribution in [0.25, 0.3) is 23.0 Å². The average molecular weight is 454 g/mol. The van der Waals surface area contributed by atoms with Crippen LogP contribution in [0.1, 0.15) is 11.1 Å². The lowest BCUT2D eigenvalue weighted by molar-refractivity contribution is -0.385. The molecule has 1 N–H and O–H groups in total. The molecule has 1 aromatic heterocycles. The first-order chi connectivity index (χ1) is 16.5. The van der Waals surface area contributed by atoms with E-state index in [2.05, 4.69) is 10.4 Å². The zero-order valence-corrected chi connectivity index (χ0v) is 18.4. The largest absolute Gasteiger partial charge is 0.490 e. The molecule has 0 atom stereocenters. The normalized spacial score (nSPS) is 10.9. The zero-order chi connectivity index (χ0) is 23.9. The number of benzene rings is 3. The maximum absolute atomic E-state index is 12.4. The molecule has 0 aliphatic carbocycles. The molecule has 0 saturated heterocycles. The molecule has 0 saturated carbocycles. The summed E-state index contributed by atoms with van der Waals surface area (Å²) in [5, 5.41) is 19.0. The van der Waals surface area contributed by atoms with Crippen LogP contribution < -0.4 is 10.1 Å². The number of rotatable bonds is 8. The summed E-state index contributed by atoms with van der Waals surface area (Å²) in [6.07, 6.45) is 4.86. The van der Waals surface area contributed by atoms with E-state index in [9.17, 15) is 14.9 Å². The molecule has 34 heavy (non-hydrogen) atoms. The Morgan fingerprint density at radius 1 is 1.09 bits per heavy atom. The van der Waals surface area contributed by atoms with Gasteiger partial charge in [-0.3, -0.25) is 14.9 Å². The number of carbonyl (C=O) groups is 1. The smallest absolute Gasteiger partial charge is 0.311 e. The number of amides is 1. The predicted molar refractivity (Wildman–Crippen MR) is 130 cm³/mol. The molecule has 0 aliphatic rings. The Balaban J connectivity index is 1.66. The molecule has 4 aromatic rings. The van der Waals surface area contributed by atoms with Gasteiger partial charge in [-0.2, -0.15) is 5.10 Å². The number of methoxy groups -OCH3 is 1. The van der Waals surface area contributed by atoms with Crippen LogP contribution >= 0.6 is 0 Å². The third-order valence-electron chi connectivity index (χ3n) is 5.14. The minimum Gasteiger partial charge on any atom is -0.490 e. The van der Waals surface area contributed by atoms with Crippen molar-refractivity contribution in [2.75, 3.05) is 7.11 Å². The minimum atomic E-state index is -0.497. The first kappa shape index (κ1) is 22.5. The molecule has 170 valence electrons. The average Bonchev–Trinajstić information content (AvgIpc) is 3.31. The van der Waals surface area contributed by atoms with Crippen LogP contribution in [0.5, 0.6) is 5.75 Å². The molecule has 0 spiro atoms. The molecule has 0 unspecified atom stereocenters. The van der Waals surface area contributed by atoms with Gasteiger partial charge in [0.05, 0.1) is 17.7 Å². The SMILES string of the molecule is COc1ccc(-c2nn(-c3ccccc3)cc2/C=C/C(=O)NCc2ccccc2)cc1[N+](=O)[O-]. The van der Waals surface area contributed by atoms with Gasteiger partial charge in [-0.05, 0) is 35.9 Å². The van der Waals surface area contributed by atoms with E-state index in [1.54, 1.807) is 23.0 Å². The van der Waals surface area contributed by atoms with E-state index in [4.69, 9.17) is 4.74 Å². The van der Waals surface area contributed by atoms with Crippen LogP contribution in [-0.4, -0.2) is 27.7 Å². The van der Waals surface area contributed by atoms with Crippen molar-refractivity contribution in [1.82, 2.24) is 15.1 Å². The van der Waals surface area contributed by atoms with Crippen molar-refractivity contribution < 1.29 is 14.5 Å². The second-order valence-electron chi connectivity index (χ2n) is 7.39. The van der Waals surface area contributed by atoms with Crippen molar-refractivity contribution in [2.45, 2.75) is 6.54 Å². The highest BCUT2D eigenvalue weighted by Crippen LogP contribution is 2.33. The Morgan fingerprint density at radius 2 is 1.79 bits per heavy atom. The van der Waals surface area contributed by atoms with Crippen LogP contribution in [-0.2, 0) is 11.3 Å². The molecular formula is C26H22N4O4. The second-order valence-corrected chi connectivity index (χ2v) is 7.39. The van der Waals surface area contributed by atoms with E-state index in [1.807, 2.05) is 60.7 Å². The molecule has 1 heterocycles. The molecule has 4 rings (SSSR count). The fraction of sp³-hybridized carbons (Fsp3) is 0.0769. The Kier molecular flexibility index (Phi) is 6.78. The van der Waals surface area contributed by atoms with Crippen molar-refractivity contribution in [3.8, 4) is 22.7 Å². The van der Waals surface area contributed by atoms with E-state index < -0.39 is 4.92 Å². The zero-order valence-electron chi connectivity index (χ0n) is 18.4. The Morgan fingerprint density at radius 3 is 2.47 bits per heavy atom. The molecule has 0 bridgehead atoms. The van der Waals surface area contributed by atoms with Gasteiger partial charge in [0.2, 0.25) is 5.91 Å². The van der Waals surface area contributed by atoms with Crippen LogP contribution in [0.3, 0.4) is 0 Å². The Hall–Kier alpha value is -4.72.